The van der Waals surface area contributed by atoms with Crippen molar-refractivity contribution in [1.29, 1.82) is 0 Å². The van der Waals surface area contributed by atoms with Crippen LogP contribution in [0, 0.1) is 0 Å². The van der Waals surface area contributed by atoms with Crippen molar-refractivity contribution in [3.8, 4) is 0 Å². The van der Waals surface area contributed by atoms with Crippen molar-refractivity contribution < 1.29 is 9.90 Å². The molecule has 13 heavy (non-hydrogen) atoms. The van der Waals surface area contributed by atoms with Crippen LogP contribution in [-0.4, -0.2) is 23.9 Å². The van der Waals surface area contributed by atoms with Gasteiger partial charge in [0.2, 0.25) is 0 Å². The van der Waals surface area contributed by atoms with E-state index in [1.165, 1.54) is 0 Å². The Balaban J connectivity index is 2.68. The van der Waals surface area contributed by atoms with Gasteiger partial charge in [-0.2, -0.15) is 0 Å². The van der Waals surface area contributed by atoms with Gasteiger partial charge in [-0.3, -0.25) is 0 Å². The number of aromatic carboxylic acids is 1. The highest BCUT2D eigenvalue weighted by Gasteiger charge is 2.06. The molecule has 1 heterocycles. The topological polar surface area (TPSA) is 53.1 Å². The van der Waals surface area contributed by atoms with E-state index < -0.39 is 5.97 Å². The molecule has 3 nitrogen and oxygen atoms in total. The number of H-pyrrole nitrogens is 1. The van der Waals surface area contributed by atoms with Crippen molar-refractivity contribution in [3.63, 3.8) is 0 Å². The summed E-state index contributed by atoms with van der Waals surface area (Å²) in [6, 6.07) is 7.44. The number of aromatic amines is 1. The number of hydrogen-bond acceptors (Lipinski definition) is 1. The van der Waals surface area contributed by atoms with Crippen LogP contribution in [0.3, 0.4) is 0 Å². The summed E-state index contributed by atoms with van der Waals surface area (Å²) in [4.78, 5) is 13.5. The van der Waals surface area contributed by atoms with E-state index in [1.807, 2.05) is 26.0 Å². The molecule has 0 aliphatic rings. The number of nitrogens with one attached hydrogen (secondary N) is 1. The second-order valence-electron chi connectivity index (χ2n) is 3.08. The Morgan fingerprint density at radius 2 is 2.15 bits per heavy atom. The Morgan fingerprint density at radius 1 is 1.38 bits per heavy atom. The molecule has 0 saturated carbocycles. The first-order chi connectivity index (χ1) is 6.16. The Kier molecular flexibility index (Phi) is 1.62. The summed E-state index contributed by atoms with van der Waals surface area (Å²) >= 11 is 0. The van der Waals surface area contributed by atoms with Crippen molar-refractivity contribution in [3.05, 3.63) is 30.0 Å². The number of aromatic nitrogens is 1. The van der Waals surface area contributed by atoms with Crippen molar-refractivity contribution >= 4 is 30.2 Å². The minimum atomic E-state index is -0.922. The second kappa shape index (κ2) is 2.66. The molecule has 2 rings (SSSR count). The predicted octanol–water partition coefficient (Wildman–Crippen LogP) is 0.124. The SMILES string of the molecule is Bc1ccc2cc(C(=O)O)[nH]c2c1. The fraction of sp³-hybridized carbons (Fsp3) is 0. The number of fused-ring (bicyclic) bond motifs is 1. The van der Waals surface area contributed by atoms with Gasteiger partial charge in [-0.1, -0.05) is 17.6 Å². The molecule has 0 bridgehead atoms. The van der Waals surface area contributed by atoms with E-state index in [0.29, 0.717) is 0 Å². The van der Waals surface area contributed by atoms with Gasteiger partial charge in [0.1, 0.15) is 13.5 Å². The van der Waals surface area contributed by atoms with Crippen LogP contribution in [0.15, 0.2) is 24.3 Å². The van der Waals surface area contributed by atoms with Gasteiger partial charge in [0, 0.05) is 10.9 Å². The fourth-order valence-electron chi connectivity index (χ4n) is 1.36. The maximum Gasteiger partial charge on any atom is 0.352 e. The summed E-state index contributed by atoms with van der Waals surface area (Å²) in [5, 5.41) is 9.66. The van der Waals surface area contributed by atoms with E-state index in [9.17, 15) is 4.79 Å². The van der Waals surface area contributed by atoms with Crippen LogP contribution in [0.1, 0.15) is 10.5 Å². The normalized spacial score (nSPS) is 10.5. The van der Waals surface area contributed by atoms with Crippen molar-refractivity contribution in [2.75, 3.05) is 0 Å². The molecular formula is C9H8BNO2. The summed E-state index contributed by atoms with van der Waals surface area (Å²) in [6.07, 6.45) is 0. The van der Waals surface area contributed by atoms with E-state index in [0.717, 1.165) is 16.4 Å². The number of rotatable bonds is 1. The summed E-state index contributed by atoms with van der Waals surface area (Å²) < 4.78 is 0. The van der Waals surface area contributed by atoms with E-state index in [2.05, 4.69) is 4.98 Å². The van der Waals surface area contributed by atoms with Crippen LogP contribution in [-0.2, 0) is 0 Å². The predicted molar refractivity (Wildman–Crippen MR) is 53.4 cm³/mol. The Hall–Kier alpha value is -1.71. The molecule has 64 valence electrons. The first kappa shape index (κ1) is 7.92. The van der Waals surface area contributed by atoms with Crippen LogP contribution in [0.2, 0.25) is 0 Å². The molecule has 1 aromatic heterocycles. The fourth-order valence-corrected chi connectivity index (χ4v) is 1.36. The molecule has 0 amide bonds. The van der Waals surface area contributed by atoms with Crippen LogP contribution >= 0.6 is 0 Å². The summed E-state index contributed by atoms with van der Waals surface area (Å²) in [7, 11) is 1.97. The Bertz CT molecular complexity index is 475. The highest BCUT2D eigenvalue weighted by Crippen LogP contribution is 2.13. The lowest BCUT2D eigenvalue weighted by Crippen LogP contribution is -1.99. The number of carbonyl (C=O) groups is 1. The molecular weight excluding hydrogens is 165 g/mol. The van der Waals surface area contributed by atoms with Gasteiger partial charge in [0.15, 0.2) is 0 Å². The summed E-state index contributed by atoms with van der Waals surface area (Å²) in [5.74, 6) is -0.922. The third-order valence-corrected chi connectivity index (χ3v) is 2.01. The quantitative estimate of drug-likeness (QED) is 0.602. The molecule has 0 aliphatic heterocycles. The van der Waals surface area contributed by atoms with Crippen molar-refractivity contribution in [2.24, 2.45) is 0 Å². The van der Waals surface area contributed by atoms with E-state index in [4.69, 9.17) is 5.11 Å². The maximum atomic E-state index is 10.6. The number of benzene rings is 1. The van der Waals surface area contributed by atoms with Gasteiger partial charge in [0.05, 0.1) is 0 Å². The lowest BCUT2D eigenvalue weighted by molar-refractivity contribution is 0.0691. The van der Waals surface area contributed by atoms with Gasteiger partial charge >= 0.3 is 5.97 Å². The largest absolute Gasteiger partial charge is 0.477 e. The second-order valence-corrected chi connectivity index (χ2v) is 3.08. The molecule has 2 aromatic rings. The van der Waals surface area contributed by atoms with E-state index in [1.54, 1.807) is 6.07 Å². The van der Waals surface area contributed by atoms with Gasteiger partial charge in [0.25, 0.3) is 0 Å². The average Bonchev–Trinajstić information content (AvgIpc) is 2.46. The van der Waals surface area contributed by atoms with Gasteiger partial charge < -0.3 is 10.1 Å². The average molecular weight is 173 g/mol. The highest BCUT2D eigenvalue weighted by atomic mass is 16.4. The lowest BCUT2D eigenvalue weighted by Gasteiger charge is -1.90. The van der Waals surface area contributed by atoms with Crippen LogP contribution in [0.25, 0.3) is 10.9 Å². The molecule has 0 aliphatic carbocycles. The number of carboxylic acids is 1. The highest BCUT2D eigenvalue weighted by molar-refractivity contribution is 6.33. The van der Waals surface area contributed by atoms with E-state index in [-0.39, 0.29) is 5.69 Å². The number of hydrogen-bond donors (Lipinski definition) is 2. The number of carboxylic acid groups (broad SMARTS) is 1. The lowest BCUT2D eigenvalue weighted by atomic mass is 9.96. The molecule has 0 radical (unpaired) electrons. The summed E-state index contributed by atoms with van der Waals surface area (Å²) in [5.41, 5.74) is 2.23. The van der Waals surface area contributed by atoms with Crippen molar-refractivity contribution in [1.82, 2.24) is 4.98 Å². The zero-order chi connectivity index (χ0) is 9.42. The molecule has 0 saturated heterocycles. The Labute approximate surface area is 75.8 Å². The third-order valence-electron chi connectivity index (χ3n) is 2.01. The Morgan fingerprint density at radius 3 is 2.85 bits per heavy atom. The van der Waals surface area contributed by atoms with E-state index >= 15 is 0 Å². The maximum absolute atomic E-state index is 10.6. The first-order valence-corrected chi connectivity index (χ1v) is 3.99. The zero-order valence-electron chi connectivity index (χ0n) is 7.16. The molecule has 2 N–H and O–H groups in total. The van der Waals surface area contributed by atoms with Crippen molar-refractivity contribution in [2.45, 2.75) is 0 Å². The smallest absolute Gasteiger partial charge is 0.352 e. The minimum absolute atomic E-state index is 0.237. The van der Waals surface area contributed by atoms with Crippen LogP contribution in [0.4, 0.5) is 0 Å². The van der Waals surface area contributed by atoms with Crippen LogP contribution in [0.5, 0.6) is 0 Å². The molecule has 0 unspecified atom stereocenters. The van der Waals surface area contributed by atoms with Gasteiger partial charge in [-0.05, 0) is 12.1 Å². The molecule has 4 heteroatoms. The first-order valence-electron chi connectivity index (χ1n) is 3.99. The third kappa shape index (κ3) is 1.31. The van der Waals surface area contributed by atoms with Gasteiger partial charge in [-0.15, -0.1) is 0 Å². The summed E-state index contributed by atoms with van der Waals surface area (Å²) in [6.45, 7) is 0. The molecule has 0 atom stereocenters. The standard InChI is InChI=1S/C9H8BNO2/c10-6-2-1-5-3-8(9(12)13)11-7(5)4-6/h1-4,11H,10H2,(H,12,13). The monoisotopic (exact) mass is 173 g/mol. The molecule has 0 fully saturated rings. The minimum Gasteiger partial charge on any atom is -0.477 e. The van der Waals surface area contributed by atoms with Gasteiger partial charge in [-0.25, -0.2) is 4.79 Å². The molecule has 1 aromatic carbocycles. The zero-order valence-corrected chi connectivity index (χ0v) is 7.16. The van der Waals surface area contributed by atoms with Crippen LogP contribution < -0.4 is 5.46 Å². The molecule has 0 spiro atoms.